The molecule has 1 aliphatic heterocycles. The lowest BCUT2D eigenvalue weighted by Gasteiger charge is -2.36. The second-order valence-corrected chi connectivity index (χ2v) is 7.76. The number of likely N-dealkylation sites (tertiary alicyclic amines) is 1. The Morgan fingerprint density at radius 3 is 2.33 bits per heavy atom. The van der Waals surface area contributed by atoms with Gasteiger partial charge in [-0.25, -0.2) is 0 Å². The molecule has 0 radical (unpaired) electrons. The second-order valence-electron chi connectivity index (χ2n) is 7.76. The molecule has 4 rings (SSSR count). The Morgan fingerprint density at radius 2 is 1.67 bits per heavy atom. The number of nitrogens with zero attached hydrogens (tertiary/aromatic N) is 1. The van der Waals surface area contributed by atoms with E-state index in [9.17, 15) is 14.7 Å². The number of carbonyl (C=O) groups excluding carboxylic acids is 1. The van der Waals surface area contributed by atoms with Gasteiger partial charge in [-0.1, -0.05) is 79.9 Å². The molecule has 2 aromatic rings. The van der Waals surface area contributed by atoms with E-state index in [0.29, 0.717) is 19.4 Å². The Bertz CT molecular complexity index is 820. The van der Waals surface area contributed by atoms with Gasteiger partial charge in [0.05, 0.1) is 12.0 Å². The number of hydrogen-bond acceptors (Lipinski definition) is 2. The van der Waals surface area contributed by atoms with Crippen molar-refractivity contribution in [2.45, 2.75) is 44.7 Å². The van der Waals surface area contributed by atoms with Crippen molar-refractivity contribution in [3.8, 4) is 0 Å². The minimum absolute atomic E-state index is 0.00277. The van der Waals surface area contributed by atoms with Gasteiger partial charge in [-0.15, -0.1) is 0 Å². The van der Waals surface area contributed by atoms with Crippen LogP contribution in [0, 0.1) is 11.3 Å². The average molecular weight is 363 g/mol. The van der Waals surface area contributed by atoms with Crippen LogP contribution < -0.4 is 0 Å². The maximum atomic E-state index is 13.5. The fourth-order valence-corrected chi connectivity index (χ4v) is 5.09. The lowest BCUT2D eigenvalue weighted by molar-refractivity contribution is -0.154. The molecule has 1 saturated heterocycles. The monoisotopic (exact) mass is 363 g/mol. The molecule has 0 spiro atoms. The van der Waals surface area contributed by atoms with Crippen LogP contribution in [-0.4, -0.2) is 21.9 Å². The molecule has 140 valence electrons. The van der Waals surface area contributed by atoms with E-state index in [0.717, 1.165) is 30.4 Å². The number of carboxylic acid groups (broad SMARTS) is 1. The van der Waals surface area contributed by atoms with Crippen molar-refractivity contribution in [1.29, 1.82) is 0 Å². The first-order valence-electron chi connectivity index (χ1n) is 9.77. The lowest BCUT2D eigenvalue weighted by atomic mass is 9.68. The van der Waals surface area contributed by atoms with Gasteiger partial charge in [0.2, 0.25) is 5.91 Å². The van der Waals surface area contributed by atoms with Crippen molar-refractivity contribution in [2.75, 3.05) is 0 Å². The Kier molecular flexibility index (Phi) is 4.73. The van der Waals surface area contributed by atoms with Crippen molar-refractivity contribution in [3.63, 3.8) is 0 Å². The van der Waals surface area contributed by atoms with Gasteiger partial charge in [-0.05, 0) is 24.0 Å². The lowest BCUT2D eigenvalue weighted by Crippen LogP contribution is -2.41. The fraction of sp³-hybridized carbons (Fsp3) is 0.391. The Hall–Kier alpha value is -2.62. The molecule has 1 N–H and O–H groups in total. The molecule has 2 fully saturated rings. The van der Waals surface area contributed by atoms with Crippen LogP contribution in [0.5, 0.6) is 0 Å². The molecule has 1 heterocycles. The summed E-state index contributed by atoms with van der Waals surface area (Å²) < 4.78 is 0. The normalized spacial score (nSPS) is 27.9. The van der Waals surface area contributed by atoms with Crippen LogP contribution in [0.3, 0.4) is 0 Å². The molecule has 2 aromatic carbocycles. The standard InChI is InChI=1S/C23H25NO3/c25-21-19-14-8-3-9-15-23(19,22(26)27)20(18-12-6-2-7-13-18)24(21)16-17-10-4-1-5-11-17/h1-2,4-7,10-13,19-20H,3,8-9,14-16H2,(H,26,27). The zero-order chi connectivity index (χ0) is 18.9. The third-order valence-corrected chi connectivity index (χ3v) is 6.30. The zero-order valence-electron chi connectivity index (χ0n) is 15.4. The quantitative estimate of drug-likeness (QED) is 0.875. The van der Waals surface area contributed by atoms with Crippen LogP contribution in [0.25, 0.3) is 0 Å². The first-order chi connectivity index (χ1) is 13.1. The summed E-state index contributed by atoms with van der Waals surface area (Å²) in [7, 11) is 0. The Morgan fingerprint density at radius 1 is 1.00 bits per heavy atom. The largest absolute Gasteiger partial charge is 0.481 e. The minimum atomic E-state index is -1.04. The fourth-order valence-electron chi connectivity index (χ4n) is 5.09. The summed E-state index contributed by atoms with van der Waals surface area (Å²) in [6.07, 6.45) is 4.01. The zero-order valence-corrected chi connectivity index (χ0v) is 15.4. The number of aliphatic carboxylic acids is 1. The number of hydrogen-bond donors (Lipinski definition) is 1. The van der Waals surface area contributed by atoms with Gasteiger partial charge in [0.15, 0.2) is 0 Å². The summed E-state index contributed by atoms with van der Waals surface area (Å²) in [6, 6.07) is 19.2. The van der Waals surface area contributed by atoms with E-state index in [-0.39, 0.29) is 5.91 Å². The van der Waals surface area contributed by atoms with Crippen LogP contribution in [0.4, 0.5) is 0 Å². The Labute approximate surface area is 159 Å². The highest BCUT2D eigenvalue weighted by molar-refractivity contribution is 5.92. The second kappa shape index (κ2) is 7.18. The first kappa shape index (κ1) is 17.8. The molecule has 3 atom stereocenters. The molecule has 1 amide bonds. The van der Waals surface area contributed by atoms with E-state index in [4.69, 9.17) is 0 Å². The van der Waals surface area contributed by atoms with Gasteiger partial charge < -0.3 is 10.0 Å². The van der Waals surface area contributed by atoms with Crippen LogP contribution in [-0.2, 0) is 16.1 Å². The van der Waals surface area contributed by atoms with Crippen LogP contribution in [0.15, 0.2) is 60.7 Å². The molecular formula is C23H25NO3. The van der Waals surface area contributed by atoms with Crippen molar-refractivity contribution < 1.29 is 14.7 Å². The first-order valence-corrected chi connectivity index (χ1v) is 9.77. The third-order valence-electron chi connectivity index (χ3n) is 6.30. The Balaban J connectivity index is 1.84. The maximum Gasteiger partial charge on any atom is 0.312 e. The van der Waals surface area contributed by atoms with Crippen LogP contribution in [0.1, 0.15) is 49.3 Å². The minimum Gasteiger partial charge on any atom is -0.481 e. The third kappa shape index (κ3) is 2.93. The predicted octanol–water partition coefficient (Wildman–Crippen LogP) is 4.42. The number of benzene rings is 2. The average Bonchev–Trinajstić information content (AvgIpc) is 2.83. The van der Waals surface area contributed by atoms with E-state index in [2.05, 4.69) is 0 Å². The van der Waals surface area contributed by atoms with E-state index in [1.165, 1.54) is 0 Å². The highest BCUT2D eigenvalue weighted by atomic mass is 16.4. The summed E-state index contributed by atoms with van der Waals surface area (Å²) in [4.78, 5) is 27.9. The summed E-state index contributed by atoms with van der Waals surface area (Å²) in [5, 5.41) is 10.4. The van der Waals surface area contributed by atoms with Gasteiger partial charge in [0, 0.05) is 6.54 Å². The van der Waals surface area contributed by atoms with E-state index >= 15 is 0 Å². The molecule has 4 nitrogen and oxygen atoms in total. The van der Waals surface area contributed by atoms with Crippen molar-refractivity contribution in [2.24, 2.45) is 11.3 Å². The molecular weight excluding hydrogens is 338 g/mol. The van der Waals surface area contributed by atoms with Gasteiger partial charge in [0.1, 0.15) is 5.41 Å². The predicted molar refractivity (Wildman–Crippen MR) is 103 cm³/mol. The van der Waals surface area contributed by atoms with Crippen molar-refractivity contribution in [1.82, 2.24) is 4.90 Å². The summed E-state index contributed by atoms with van der Waals surface area (Å²) >= 11 is 0. The highest BCUT2D eigenvalue weighted by Gasteiger charge is 2.63. The molecule has 27 heavy (non-hydrogen) atoms. The van der Waals surface area contributed by atoms with Crippen molar-refractivity contribution >= 4 is 11.9 Å². The maximum absolute atomic E-state index is 13.5. The number of carboxylic acids is 1. The van der Waals surface area contributed by atoms with Crippen molar-refractivity contribution in [3.05, 3.63) is 71.8 Å². The van der Waals surface area contributed by atoms with E-state index in [1.54, 1.807) is 0 Å². The molecule has 3 unspecified atom stereocenters. The molecule has 1 aliphatic carbocycles. The topological polar surface area (TPSA) is 57.6 Å². The van der Waals surface area contributed by atoms with Gasteiger partial charge in [-0.3, -0.25) is 9.59 Å². The SMILES string of the molecule is O=C1C2CCCCCC2(C(=O)O)C(c2ccccc2)N1Cc1ccccc1. The summed E-state index contributed by atoms with van der Waals surface area (Å²) in [6.45, 7) is 0.449. The van der Waals surface area contributed by atoms with Gasteiger partial charge in [-0.2, -0.15) is 0 Å². The smallest absolute Gasteiger partial charge is 0.312 e. The molecule has 1 saturated carbocycles. The number of rotatable bonds is 4. The molecule has 0 bridgehead atoms. The van der Waals surface area contributed by atoms with E-state index in [1.807, 2.05) is 65.6 Å². The number of fused-ring (bicyclic) bond motifs is 1. The molecule has 0 aromatic heterocycles. The summed E-state index contributed by atoms with van der Waals surface area (Å²) in [5.41, 5.74) is 0.918. The van der Waals surface area contributed by atoms with Gasteiger partial charge in [0.25, 0.3) is 0 Å². The highest BCUT2D eigenvalue weighted by Crippen LogP contribution is 2.57. The molecule has 2 aliphatic rings. The van der Waals surface area contributed by atoms with Crippen LogP contribution in [0.2, 0.25) is 0 Å². The number of amides is 1. The van der Waals surface area contributed by atoms with Crippen LogP contribution >= 0.6 is 0 Å². The summed E-state index contributed by atoms with van der Waals surface area (Å²) in [5.74, 6) is -1.27. The molecule has 4 heteroatoms. The van der Waals surface area contributed by atoms with E-state index < -0.39 is 23.3 Å². The number of carbonyl (C=O) groups is 2. The van der Waals surface area contributed by atoms with Gasteiger partial charge >= 0.3 is 5.97 Å².